The molecular formula is C10H19NO4. The topological polar surface area (TPSA) is 75.6 Å². The molecule has 15 heavy (non-hydrogen) atoms. The van der Waals surface area contributed by atoms with Gasteiger partial charge in [-0.05, 0) is 13.3 Å². The summed E-state index contributed by atoms with van der Waals surface area (Å²) in [6.07, 6.45) is 3.43. The maximum absolute atomic E-state index is 11.0. The first-order valence-corrected chi connectivity index (χ1v) is 5.24. The molecule has 0 aromatic carbocycles. The van der Waals surface area contributed by atoms with Crippen molar-refractivity contribution in [2.24, 2.45) is 0 Å². The second-order valence-electron chi connectivity index (χ2n) is 3.40. The molecule has 0 bridgehead atoms. The van der Waals surface area contributed by atoms with Gasteiger partial charge in [0, 0.05) is 0 Å². The van der Waals surface area contributed by atoms with Crippen molar-refractivity contribution in [2.75, 3.05) is 6.61 Å². The highest BCUT2D eigenvalue weighted by Gasteiger charge is 2.13. The Labute approximate surface area is 89.8 Å². The molecule has 1 amide bonds. The van der Waals surface area contributed by atoms with Gasteiger partial charge in [0.25, 0.3) is 0 Å². The van der Waals surface area contributed by atoms with Crippen LogP contribution in [0.15, 0.2) is 0 Å². The Balaban J connectivity index is 3.45. The van der Waals surface area contributed by atoms with Crippen molar-refractivity contribution in [1.29, 1.82) is 0 Å². The van der Waals surface area contributed by atoms with E-state index >= 15 is 0 Å². The summed E-state index contributed by atoms with van der Waals surface area (Å²) in [5.41, 5.74) is 0. The first-order valence-electron chi connectivity index (χ1n) is 5.24. The molecule has 1 atom stereocenters. The van der Waals surface area contributed by atoms with E-state index in [1.54, 1.807) is 0 Å². The lowest BCUT2D eigenvalue weighted by Crippen LogP contribution is -2.38. The predicted octanol–water partition coefficient (Wildman–Crippen LogP) is 1.77. The zero-order valence-electron chi connectivity index (χ0n) is 9.28. The Morgan fingerprint density at radius 2 is 2.00 bits per heavy atom. The maximum atomic E-state index is 11.0. The van der Waals surface area contributed by atoms with Gasteiger partial charge < -0.3 is 15.2 Å². The molecule has 88 valence electrons. The van der Waals surface area contributed by atoms with Crippen molar-refractivity contribution in [3.63, 3.8) is 0 Å². The second-order valence-corrected chi connectivity index (χ2v) is 3.40. The average molecular weight is 217 g/mol. The van der Waals surface area contributed by atoms with E-state index < -0.39 is 18.1 Å². The molecule has 0 aliphatic rings. The third-order valence-corrected chi connectivity index (χ3v) is 1.94. The number of nitrogens with one attached hydrogen (secondary N) is 1. The molecular weight excluding hydrogens is 198 g/mol. The summed E-state index contributed by atoms with van der Waals surface area (Å²) >= 11 is 0. The Bertz CT molecular complexity index is 206. The van der Waals surface area contributed by atoms with Crippen LogP contribution in [0.2, 0.25) is 0 Å². The van der Waals surface area contributed by atoms with E-state index in [1.807, 2.05) is 0 Å². The first kappa shape index (κ1) is 13.7. The van der Waals surface area contributed by atoms with Gasteiger partial charge >= 0.3 is 12.1 Å². The Morgan fingerprint density at radius 1 is 1.33 bits per heavy atom. The zero-order chi connectivity index (χ0) is 11.7. The summed E-state index contributed by atoms with van der Waals surface area (Å²) < 4.78 is 4.80. The number of ether oxygens (including phenoxy) is 1. The fraction of sp³-hybridized carbons (Fsp3) is 0.800. The lowest BCUT2D eigenvalue weighted by molar-refractivity contribution is -0.138. The highest BCUT2D eigenvalue weighted by molar-refractivity contribution is 5.79. The van der Waals surface area contributed by atoms with Crippen molar-refractivity contribution in [1.82, 2.24) is 5.32 Å². The van der Waals surface area contributed by atoms with Crippen LogP contribution in [0.1, 0.15) is 39.5 Å². The maximum Gasteiger partial charge on any atom is 0.407 e. The Hall–Kier alpha value is -1.26. The fourth-order valence-electron chi connectivity index (χ4n) is 0.974. The lowest BCUT2D eigenvalue weighted by atomic mass is 10.2. The summed E-state index contributed by atoms with van der Waals surface area (Å²) in [6.45, 7) is 3.83. The molecule has 0 spiro atoms. The van der Waals surface area contributed by atoms with Gasteiger partial charge in [-0.2, -0.15) is 0 Å². The molecule has 5 heteroatoms. The van der Waals surface area contributed by atoms with Gasteiger partial charge in [-0.15, -0.1) is 0 Å². The molecule has 0 aliphatic carbocycles. The fourth-order valence-corrected chi connectivity index (χ4v) is 0.974. The van der Waals surface area contributed by atoms with Crippen molar-refractivity contribution < 1.29 is 19.4 Å². The molecule has 0 fully saturated rings. The number of carbonyl (C=O) groups is 2. The molecule has 0 radical (unpaired) electrons. The monoisotopic (exact) mass is 217 g/mol. The third kappa shape index (κ3) is 7.78. The quantitative estimate of drug-likeness (QED) is 0.637. The molecule has 0 saturated carbocycles. The number of alkyl carbamates (subject to hydrolysis) is 1. The van der Waals surface area contributed by atoms with Gasteiger partial charge in [-0.3, -0.25) is 4.79 Å². The van der Waals surface area contributed by atoms with Gasteiger partial charge in [-0.25, -0.2) is 4.79 Å². The molecule has 0 aliphatic heterocycles. The van der Waals surface area contributed by atoms with E-state index in [4.69, 9.17) is 9.84 Å². The van der Waals surface area contributed by atoms with Crippen LogP contribution in [0, 0.1) is 0 Å². The second kappa shape index (κ2) is 8.08. The molecule has 1 unspecified atom stereocenters. The number of aliphatic carboxylic acids is 1. The third-order valence-electron chi connectivity index (χ3n) is 1.94. The number of carboxylic acid groups (broad SMARTS) is 1. The van der Waals surface area contributed by atoms with Crippen molar-refractivity contribution >= 4 is 12.1 Å². The lowest BCUT2D eigenvalue weighted by Gasteiger charge is -2.09. The normalized spacial score (nSPS) is 11.9. The predicted molar refractivity (Wildman–Crippen MR) is 55.7 cm³/mol. The van der Waals surface area contributed by atoms with E-state index in [2.05, 4.69) is 12.2 Å². The van der Waals surface area contributed by atoms with Crippen LogP contribution in [-0.4, -0.2) is 29.8 Å². The van der Waals surface area contributed by atoms with Crippen LogP contribution in [0.3, 0.4) is 0 Å². The molecule has 0 rings (SSSR count). The van der Waals surface area contributed by atoms with Crippen molar-refractivity contribution in [3.8, 4) is 0 Å². The number of hydrogen-bond acceptors (Lipinski definition) is 3. The van der Waals surface area contributed by atoms with Crippen LogP contribution in [0.25, 0.3) is 0 Å². The smallest absolute Gasteiger partial charge is 0.407 e. The summed E-state index contributed by atoms with van der Waals surface area (Å²) in [5.74, 6) is -1.07. The van der Waals surface area contributed by atoms with E-state index in [-0.39, 0.29) is 0 Å². The minimum Gasteiger partial charge on any atom is -0.480 e. The number of carboxylic acids is 1. The van der Waals surface area contributed by atoms with E-state index in [9.17, 15) is 9.59 Å². The van der Waals surface area contributed by atoms with Gasteiger partial charge in [0.15, 0.2) is 0 Å². The highest BCUT2D eigenvalue weighted by atomic mass is 16.5. The average Bonchev–Trinajstić information content (AvgIpc) is 2.17. The van der Waals surface area contributed by atoms with Crippen LogP contribution in [0.5, 0.6) is 0 Å². The van der Waals surface area contributed by atoms with Crippen LogP contribution >= 0.6 is 0 Å². The van der Waals surface area contributed by atoms with Crippen LogP contribution in [0.4, 0.5) is 4.79 Å². The first-order chi connectivity index (χ1) is 7.07. The van der Waals surface area contributed by atoms with Crippen molar-refractivity contribution in [2.45, 2.75) is 45.6 Å². The summed E-state index contributed by atoms with van der Waals surface area (Å²) in [5, 5.41) is 10.7. The van der Waals surface area contributed by atoms with Crippen molar-refractivity contribution in [3.05, 3.63) is 0 Å². The van der Waals surface area contributed by atoms with Gasteiger partial charge in [-0.1, -0.05) is 26.2 Å². The summed E-state index contributed by atoms with van der Waals surface area (Å²) in [6, 6.07) is -0.909. The molecule has 0 heterocycles. The molecule has 0 saturated heterocycles. The zero-order valence-corrected chi connectivity index (χ0v) is 9.28. The minimum atomic E-state index is -1.07. The largest absolute Gasteiger partial charge is 0.480 e. The van der Waals surface area contributed by atoms with E-state index in [1.165, 1.54) is 6.92 Å². The van der Waals surface area contributed by atoms with E-state index in [0.29, 0.717) is 6.61 Å². The van der Waals surface area contributed by atoms with Gasteiger partial charge in [0.05, 0.1) is 6.61 Å². The molecule has 0 aromatic rings. The highest BCUT2D eigenvalue weighted by Crippen LogP contribution is 1.99. The standard InChI is InChI=1S/C10H19NO4/c1-3-4-5-6-7-15-10(14)11-8(2)9(12)13/h8H,3-7H2,1-2H3,(H,11,14)(H,12,13). The minimum absolute atomic E-state index is 0.345. The number of carbonyl (C=O) groups excluding carboxylic acids is 1. The number of amides is 1. The number of hydrogen-bond donors (Lipinski definition) is 2. The van der Waals surface area contributed by atoms with E-state index in [0.717, 1.165) is 25.7 Å². The number of rotatable bonds is 7. The molecule has 2 N–H and O–H groups in total. The van der Waals surface area contributed by atoms with Gasteiger partial charge in [0.2, 0.25) is 0 Å². The number of unbranched alkanes of at least 4 members (excludes halogenated alkanes) is 3. The Kier molecular flexibility index (Phi) is 7.40. The Morgan fingerprint density at radius 3 is 2.53 bits per heavy atom. The molecule has 0 aromatic heterocycles. The van der Waals surface area contributed by atoms with Crippen LogP contribution in [-0.2, 0) is 9.53 Å². The summed E-state index contributed by atoms with van der Waals surface area (Å²) in [7, 11) is 0. The SMILES string of the molecule is CCCCCCOC(=O)NC(C)C(=O)O. The summed E-state index contributed by atoms with van der Waals surface area (Å²) in [4.78, 5) is 21.4. The van der Waals surface area contributed by atoms with Gasteiger partial charge in [0.1, 0.15) is 6.04 Å². The van der Waals surface area contributed by atoms with Crippen LogP contribution < -0.4 is 5.32 Å². The molecule has 5 nitrogen and oxygen atoms in total.